The summed E-state index contributed by atoms with van der Waals surface area (Å²) in [5.74, 6) is 1.66. The van der Waals surface area contributed by atoms with Crippen LogP contribution in [-0.2, 0) is 4.79 Å². The van der Waals surface area contributed by atoms with Gasteiger partial charge in [-0.25, -0.2) is 0 Å². The van der Waals surface area contributed by atoms with Crippen molar-refractivity contribution in [2.24, 2.45) is 10.4 Å². The van der Waals surface area contributed by atoms with Crippen LogP contribution in [0.1, 0.15) is 45.7 Å². The lowest BCUT2D eigenvalue weighted by Gasteiger charge is -2.28. The van der Waals surface area contributed by atoms with Crippen molar-refractivity contribution in [3.05, 3.63) is 29.8 Å². The van der Waals surface area contributed by atoms with Gasteiger partial charge in [0.05, 0.1) is 24.6 Å². The van der Waals surface area contributed by atoms with E-state index < -0.39 is 5.41 Å². The van der Waals surface area contributed by atoms with Gasteiger partial charge in [-0.2, -0.15) is 0 Å². The normalized spacial score (nSPS) is 16.6. The number of benzene rings is 1. The smallest absolute Gasteiger partial charge is 0.227 e. The number of hydrogen-bond donors (Lipinski definition) is 3. The monoisotopic (exact) mass is 474 g/mol. The third-order valence-electron chi connectivity index (χ3n) is 4.20. The first-order valence-corrected chi connectivity index (χ1v) is 9.02. The first-order chi connectivity index (χ1) is 12.0. The Morgan fingerprint density at radius 3 is 2.62 bits per heavy atom. The third-order valence-corrected chi connectivity index (χ3v) is 4.20. The Morgan fingerprint density at radius 2 is 1.92 bits per heavy atom. The van der Waals surface area contributed by atoms with Crippen LogP contribution in [-0.4, -0.2) is 38.1 Å². The van der Waals surface area contributed by atoms with Crippen molar-refractivity contribution in [1.82, 2.24) is 16.0 Å². The van der Waals surface area contributed by atoms with Crippen LogP contribution in [0.4, 0.5) is 0 Å². The van der Waals surface area contributed by atoms with Crippen LogP contribution >= 0.6 is 24.0 Å². The quantitative estimate of drug-likeness (QED) is 0.337. The van der Waals surface area contributed by atoms with Crippen molar-refractivity contribution in [3.8, 4) is 5.75 Å². The Labute approximate surface area is 173 Å². The number of halogens is 1. The molecule has 1 heterocycles. The molecule has 2 rings (SSSR count). The molecule has 7 heteroatoms. The highest BCUT2D eigenvalue weighted by atomic mass is 127. The predicted molar refractivity (Wildman–Crippen MR) is 116 cm³/mol. The van der Waals surface area contributed by atoms with Crippen LogP contribution in [0, 0.1) is 5.41 Å². The highest BCUT2D eigenvalue weighted by Crippen LogP contribution is 2.31. The molecule has 0 radical (unpaired) electrons. The van der Waals surface area contributed by atoms with Gasteiger partial charge in [-0.1, -0.05) is 18.2 Å². The molecule has 1 unspecified atom stereocenters. The van der Waals surface area contributed by atoms with E-state index in [1.54, 1.807) is 0 Å². The molecule has 6 nitrogen and oxygen atoms in total. The summed E-state index contributed by atoms with van der Waals surface area (Å²) in [6.45, 7) is 10.3. The van der Waals surface area contributed by atoms with Gasteiger partial charge >= 0.3 is 0 Å². The van der Waals surface area contributed by atoms with E-state index in [0.717, 1.165) is 30.2 Å². The van der Waals surface area contributed by atoms with Gasteiger partial charge in [-0.15, -0.1) is 24.0 Å². The maximum atomic E-state index is 12.2. The van der Waals surface area contributed by atoms with E-state index in [0.29, 0.717) is 19.7 Å². The van der Waals surface area contributed by atoms with Gasteiger partial charge in [0.1, 0.15) is 5.75 Å². The van der Waals surface area contributed by atoms with E-state index in [1.807, 2.05) is 45.9 Å². The average Bonchev–Trinajstić information content (AvgIpc) is 2.60. The Balaban J connectivity index is 0.00000338. The number of para-hydroxylation sites is 1. The zero-order valence-electron chi connectivity index (χ0n) is 16.1. The average molecular weight is 474 g/mol. The minimum atomic E-state index is -0.550. The summed E-state index contributed by atoms with van der Waals surface area (Å²) in [7, 11) is 0. The number of guanidine groups is 1. The molecule has 26 heavy (non-hydrogen) atoms. The largest absolute Gasteiger partial charge is 0.493 e. The molecule has 3 N–H and O–H groups in total. The minimum absolute atomic E-state index is 0. The van der Waals surface area contributed by atoms with Gasteiger partial charge in [0, 0.05) is 25.1 Å². The molecule has 1 aromatic carbocycles. The molecule has 0 saturated heterocycles. The Kier molecular flexibility index (Phi) is 9.18. The number of hydrogen-bond acceptors (Lipinski definition) is 3. The van der Waals surface area contributed by atoms with Crippen LogP contribution in [0.2, 0.25) is 0 Å². The number of nitrogens with one attached hydrogen (secondary N) is 3. The van der Waals surface area contributed by atoms with Gasteiger partial charge in [-0.3, -0.25) is 9.79 Å². The summed E-state index contributed by atoms with van der Waals surface area (Å²) in [5.41, 5.74) is 0.591. The first-order valence-electron chi connectivity index (χ1n) is 9.02. The molecule has 1 aromatic rings. The van der Waals surface area contributed by atoms with Crippen LogP contribution in [0.3, 0.4) is 0 Å². The molecule has 1 atom stereocenters. The number of carbonyl (C=O) groups excluding carboxylic acids is 1. The Hall–Kier alpha value is -1.51. The van der Waals surface area contributed by atoms with E-state index in [-0.39, 0.29) is 35.9 Å². The second-order valence-corrected chi connectivity index (χ2v) is 6.81. The molecule has 146 valence electrons. The predicted octanol–water partition coefficient (Wildman–Crippen LogP) is 2.85. The SMILES string of the molecule is CCNC(=O)C(C)(C)CN=C(NCC)NC1CCOc2ccccc21.I. The van der Waals surface area contributed by atoms with E-state index in [1.165, 1.54) is 0 Å². The Morgan fingerprint density at radius 1 is 1.23 bits per heavy atom. The molecule has 0 aromatic heterocycles. The maximum Gasteiger partial charge on any atom is 0.227 e. The number of rotatable bonds is 6. The second-order valence-electron chi connectivity index (χ2n) is 6.81. The fraction of sp³-hybridized carbons (Fsp3) is 0.579. The second kappa shape index (κ2) is 10.6. The van der Waals surface area contributed by atoms with Crippen molar-refractivity contribution in [3.63, 3.8) is 0 Å². The first kappa shape index (κ1) is 22.5. The number of nitrogens with zero attached hydrogens (tertiary/aromatic N) is 1. The molecule has 1 aliphatic rings. The molecule has 0 bridgehead atoms. The van der Waals surface area contributed by atoms with Gasteiger partial charge in [-0.05, 0) is 33.8 Å². The topological polar surface area (TPSA) is 74.8 Å². The number of amides is 1. The van der Waals surface area contributed by atoms with Gasteiger partial charge in [0.15, 0.2) is 5.96 Å². The molecule has 0 fully saturated rings. The van der Waals surface area contributed by atoms with Crippen molar-refractivity contribution in [1.29, 1.82) is 0 Å². The van der Waals surface area contributed by atoms with Gasteiger partial charge in [0.25, 0.3) is 0 Å². The third kappa shape index (κ3) is 6.03. The van der Waals surface area contributed by atoms with Crippen LogP contribution < -0.4 is 20.7 Å². The number of fused-ring (bicyclic) bond motifs is 1. The van der Waals surface area contributed by atoms with E-state index in [4.69, 9.17) is 4.74 Å². The minimum Gasteiger partial charge on any atom is -0.493 e. The lowest BCUT2D eigenvalue weighted by Crippen LogP contribution is -2.43. The molecule has 0 saturated carbocycles. The van der Waals surface area contributed by atoms with E-state index >= 15 is 0 Å². The summed E-state index contributed by atoms with van der Waals surface area (Å²) < 4.78 is 5.71. The lowest BCUT2D eigenvalue weighted by molar-refractivity contribution is -0.128. The molecule has 1 amide bonds. The van der Waals surface area contributed by atoms with E-state index in [2.05, 4.69) is 27.0 Å². The van der Waals surface area contributed by atoms with Crippen molar-refractivity contribution < 1.29 is 9.53 Å². The molecular formula is C19H31IN4O2. The highest BCUT2D eigenvalue weighted by molar-refractivity contribution is 14.0. The zero-order valence-corrected chi connectivity index (χ0v) is 18.4. The molecule has 1 aliphatic heterocycles. The molecular weight excluding hydrogens is 443 g/mol. The standard InChI is InChI=1S/C19H30N4O2.HI/c1-5-20-17(24)19(3,4)13-22-18(21-6-2)23-15-11-12-25-16-10-8-7-9-14(15)16;/h7-10,15H,5-6,11-13H2,1-4H3,(H,20,24)(H2,21,22,23);1H. The highest BCUT2D eigenvalue weighted by Gasteiger charge is 2.27. The van der Waals surface area contributed by atoms with Gasteiger partial charge in [0.2, 0.25) is 5.91 Å². The maximum absolute atomic E-state index is 12.2. The van der Waals surface area contributed by atoms with Crippen LogP contribution in [0.15, 0.2) is 29.3 Å². The van der Waals surface area contributed by atoms with Gasteiger partial charge < -0.3 is 20.7 Å². The summed E-state index contributed by atoms with van der Waals surface area (Å²) in [6.07, 6.45) is 0.876. The number of ether oxygens (including phenoxy) is 1. The fourth-order valence-corrected chi connectivity index (χ4v) is 2.73. The zero-order chi connectivity index (χ0) is 18.3. The lowest BCUT2D eigenvalue weighted by atomic mass is 9.92. The Bertz CT molecular complexity index is 619. The van der Waals surface area contributed by atoms with Crippen molar-refractivity contribution >= 4 is 35.8 Å². The summed E-state index contributed by atoms with van der Waals surface area (Å²) in [4.78, 5) is 16.8. The van der Waals surface area contributed by atoms with Crippen LogP contribution in [0.25, 0.3) is 0 Å². The van der Waals surface area contributed by atoms with Crippen LogP contribution in [0.5, 0.6) is 5.75 Å². The van der Waals surface area contributed by atoms with Crippen molar-refractivity contribution in [2.45, 2.75) is 40.2 Å². The fourth-order valence-electron chi connectivity index (χ4n) is 2.73. The van der Waals surface area contributed by atoms with E-state index in [9.17, 15) is 4.79 Å². The number of aliphatic imine (C=N–C) groups is 1. The molecule has 0 spiro atoms. The summed E-state index contributed by atoms with van der Waals surface area (Å²) in [6, 6.07) is 8.22. The van der Waals surface area contributed by atoms with Crippen molar-refractivity contribution in [2.75, 3.05) is 26.2 Å². The molecule has 0 aliphatic carbocycles. The summed E-state index contributed by atoms with van der Waals surface area (Å²) in [5, 5.41) is 9.62. The number of carbonyl (C=O) groups is 1. The summed E-state index contributed by atoms with van der Waals surface area (Å²) >= 11 is 0.